The van der Waals surface area contributed by atoms with E-state index in [0.717, 1.165) is 27.7 Å². The fourth-order valence-corrected chi connectivity index (χ4v) is 4.19. The monoisotopic (exact) mass is 315 g/mol. The van der Waals surface area contributed by atoms with Gasteiger partial charge in [-0.2, -0.15) is 0 Å². The Morgan fingerprint density at radius 1 is 1.05 bits per heavy atom. The van der Waals surface area contributed by atoms with Crippen LogP contribution in [0.2, 0.25) is 0 Å². The largest absolute Gasteiger partial charge is 0.323 e. The van der Waals surface area contributed by atoms with Crippen molar-refractivity contribution in [2.75, 3.05) is 4.72 Å². The number of hydrogen-bond donors (Lipinski definition) is 2. The molecule has 114 valence electrons. The highest BCUT2D eigenvalue weighted by Crippen LogP contribution is 2.24. The average Bonchev–Trinajstić information content (AvgIpc) is 2.77. The summed E-state index contributed by atoms with van der Waals surface area (Å²) in [5.74, 6) is 0.223. The second kappa shape index (κ2) is 5.14. The van der Waals surface area contributed by atoms with Gasteiger partial charge in [-0.05, 0) is 44.0 Å². The minimum Gasteiger partial charge on any atom is -0.323 e. The standard InChI is InChI=1S/C16H17N3O2S/c1-10-8-11(2)15(12(3)9-10)22(20,21)19-16-17-13-6-4-5-7-14(13)18-16/h4-9H,1-3H3,(H2,17,18,19). The lowest BCUT2D eigenvalue weighted by molar-refractivity contribution is 0.599. The van der Waals surface area contributed by atoms with E-state index in [1.165, 1.54) is 0 Å². The lowest BCUT2D eigenvalue weighted by Gasteiger charge is -2.12. The molecular formula is C16H17N3O2S. The molecule has 3 rings (SSSR count). The second-order valence-corrected chi connectivity index (χ2v) is 7.06. The maximum Gasteiger partial charge on any atom is 0.264 e. The zero-order chi connectivity index (χ0) is 15.9. The number of H-pyrrole nitrogens is 1. The predicted octanol–water partition coefficient (Wildman–Crippen LogP) is 3.29. The fraction of sp³-hybridized carbons (Fsp3) is 0.188. The van der Waals surface area contributed by atoms with Gasteiger partial charge in [0.05, 0.1) is 15.9 Å². The van der Waals surface area contributed by atoms with E-state index in [9.17, 15) is 8.42 Å². The van der Waals surface area contributed by atoms with E-state index in [4.69, 9.17) is 0 Å². The van der Waals surface area contributed by atoms with Crippen LogP contribution in [0.1, 0.15) is 16.7 Å². The first-order valence-electron chi connectivity index (χ1n) is 6.92. The molecule has 0 saturated heterocycles. The number of aromatic nitrogens is 2. The zero-order valence-electron chi connectivity index (χ0n) is 12.6. The highest BCUT2D eigenvalue weighted by atomic mass is 32.2. The van der Waals surface area contributed by atoms with Crippen LogP contribution in [0, 0.1) is 20.8 Å². The van der Waals surface area contributed by atoms with Crippen molar-refractivity contribution in [1.29, 1.82) is 0 Å². The van der Waals surface area contributed by atoms with Crippen LogP contribution in [0.3, 0.4) is 0 Å². The number of aryl methyl sites for hydroxylation is 3. The van der Waals surface area contributed by atoms with Gasteiger partial charge in [0.1, 0.15) is 0 Å². The maximum atomic E-state index is 12.7. The summed E-state index contributed by atoms with van der Waals surface area (Å²) in [6.07, 6.45) is 0. The van der Waals surface area contributed by atoms with Crippen LogP contribution in [-0.4, -0.2) is 18.4 Å². The molecule has 0 spiro atoms. The van der Waals surface area contributed by atoms with Gasteiger partial charge < -0.3 is 4.98 Å². The summed E-state index contributed by atoms with van der Waals surface area (Å²) >= 11 is 0. The number of imidazole rings is 1. The van der Waals surface area contributed by atoms with E-state index >= 15 is 0 Å². The Morgan fingerprint density at radius 2 is 1.68 bits per heavy atom. The van der Waals surface area contributed by atoms with Gasteiger partial charge in [0.15, 0.2) is 0 Å². The van der Waals surface area contributed by atoms with Gasteiger partial charge in [-0.15, -0.1) is 0 Å². The third kappa shape index (κ3) is 2.57. The number of anilines is 1. The molecule has 0 saturated carbocycles. The summed E-state index contributed by atoms with van der Waals surface area (Å²) in [5.41, 5.74) is 4.00. The van der Waals surface area contributed by atoms with Crippen molar-refractivity contribution in [3.8, 4) is 0 Å². The van der Waals surface area contributed by atoms with E-state index in [1.54, 1.807) is 13.8 Å². The van der Waals surface area contributed by atoms with Crippen LogP contribution in [0.25, 0.3) is 11.0 Å². The Labute approximate surface area is 129 Å². The first-order chi connectivity index (χ1) is 10.4. The van der Waals surface area contributed by atoms with Crippen molar-refractivity contribution in [3.63, 3.8) is 0 Å². The molecule has 1 aromatic heterocycles. The molecule has 0 amide bonds. The van der Waals surface area contributed by atoms with Crippen molar-refractivity contribution < 1.29 is 8.42 Å². The Hall–Kier alpha value is -2.34. The first-order valence-corrected chi connectivity index (χ1v) is 8.40. The third-order valence-electron chi connectivity index (χ3n) is 3.49. The molecule has 0 aliphatic carbocycles. The van der Waals surface area contributed by atoms with E-state index < -0.39 is 10.0 Å². The minimum atomic E-state index is -3.68. The molecule has 2 N–H and O–H groups in total. The number of fused-ring (bicyclic) bond motifs is 1. The van der Waals surface area contributed by atoms with E-state index in [0.29, 0.717) is 4.90 Å². The quantitative estimate of drug-likeness (QED) is 0.779. The van der Waals surface area contributed by atoms with E-state index in [2.05, 4.69) is 14.7 Å². The Kier molecular flexibility index (Phi) is 3.41. The topological polar surface area (TPSA) is 74.8 Å². The van der Waals surface area contributed by atoms with Gasteiger partial charge in [-0.1, -0.05) is 29.8 Å². The zero-order valence-corrected chi connectivity index (χ0v) is 13.5. The molecule has 0 bridgehead atoms. The van der Waals surface area contributed by atoms with Crippen LogP contribution >= 0.6 is 0 Å². The molecule has 22 heavy (non-hydrogen) atoms. The van der Waals surface area contributed by atoms with Gasteiger partial charge in [0.25, 0.3) is 10.0 Å². The maximum absolute atomic E-state index is 12.7. The molecule has 5 nitrogen and oxygen atoms in total. The van der Waals surface area contributed by atoms with Crippen molar-refractivity contribution in [1.82, 2.24) is 9.97 Å². The number of aromatic amines is 1. The minimum absolute atomic E-state index is 0.223. The van der Waals surface area contributed by atoms with Crippen LogP contribution in [0.15, 0.2) is 41.3 Å². The molecule has 1 heterocycles. The van der Waals surface area contributed by atoms with Crippen molar-refractivity contribution in [3.05, 3.63) is 53.1 Å². The molecule has 0 atom stereocenters. The smallest absolute Gasteiger partial charge is 0.264 e. The van der Waals surface area contributed by atoms with Crippen LogP contribution in [0.5, 0.6) is 0 Å². The SMILES string of the molecule is Cc1cc(C)c(S(=O)(=O)Nc2nc3ccccc3[nH]2)c(C)c1. The highest BCUT2D eigenvalue weighted by molar-refractivity contribution is 7.92. The molecule has 3 aromatic rings. The number of para-hydroxylation sites is 2. The van der Waals surface area contributed by atoms with Crippen molar-refractivity contribution in [2.24, 2.45) is 0 Å². The number of hydrogen-bond acceptors (Lipinski definition) is 3. The van der Waals surface area contributed by atoms with Gasteiger partial charge in [-0.3, -0.25) is 0 Å². The Bertz CT molecular complexity index is 902. The molecule has 0 fully saturated rings. The molecule has 2 aromatic carbocycles. The first kappa shape index (κ1) is 14.6. The molecule has 0 aliphatic rings. The number of sulfonamides is 1. The van der Waals surface area contributed by atoms with Crippen LogP contribution < -0.4 is 4.72 Å². The van der Waals surface area contributed by atoms with Gasteiger partial charge in [0.2, 0.25) is 5.95 Å². The molecule has 0 unspecified atom stereocenters. The van der Waals surface area contributed by atoms with E-state index in [-0.39, 0.29) is 5.95 Å². The van der Waals surface area contributed by atoms with Crippen molar-refractivity contribution >= 4 is 27.0 Å². The summed E-state index contributed by atoms with van der Waals surface area (Å²) in [6.45, 7) is 5.55. The highest BCUT2D eigenvalue weighted by Gasteiger charge is 2.21. The lowest BCUT2D eigenvalue weighted by Crippen LogP contribution is -2.16. The van der Waals surface area contributed by atoms with Gasteiger partial charge >= 0.3 is 0 Å². The van der Waals surface area contributed by atoms with Crippen LogP contribution in [-0.2, 0) is 10.0 Å². The predicted molar refractivity (Wildman–Crippen MR) is 87.6 cm³/mol. The number of benzene rings is 2. The van der Waals surface area contributed by atoms with Crippen LogP contribution in [0.4, 0.5) is 5.95 Å². The Morgan fingerprint density at radius 3 is 2.32 bits per heavy atom. The van der Waals surface area contributed by atoms with Crippen molar-refractivity contribution in [2.45, 2.75) is 25.7 Å². The lowest BCUT2D eigenvalue weighted by atomic mass is 10.1. The fourth-order valence-electron chi connectivity index (χ4n) is 2.77. The average molecular weight is 315 g/mol. The molecule has 0 aliphatic heterocycles. The molecule has 0 radical (unpaired) electrons. The summed E-state index contributed by atoms with van der Waals surface area (Å²) in [4.78, 5) is 7.53. The normalized spacial score (nSPS) is 11.8. The van der Waals surface area contributed by atoms with Gasteiger partial charge in [-0.25, -0.2) is 18.1 Å². The summed E-state index contributed by atoms with van der Waals surface area (Å²) < 4.78 is 27.9. The van der Waals surface area contributed by atoms with Gasteiger partial charge in [0, 0.05) is 0 Å². The second-order valence-electron chi connectivity index (χ2n) is 5.44. The number of nitrogens with one attached hydrogen (secondary N) is 2. The molecular weight excluding hydrogens is 298 g/mol. The summed E-state index contributed by atoms with van der Waals surface area (Å²) in [6, 6.07) is 11.1. The summed E-state index contributed by atoms with van der Waals surface area (Å²) in [7, 11) is -3.68. The molecule has 6 heteroatoms. The van der Waals surface area contributed by atoms with E-state index in [1.807, 2.05) is 43.3 Å². The third-order valence-corrected chi connectivity index (χ3v) is 5.14. The number of rotatable bonds is 3. The Balaban J connectivity index is 2.04. The summed E-state index contributed by atoms with van der Waals surface area (Å²) in [5, 5.41) is 0. The number of nitrogens with zero attached hydrogens (tertiary/aromatic N) is 1.